The fourth-order valence-corrected chi connectivity index (χ4v) is 3.24. The van der Waals surface area contributed by atoms with Gasteiger partial charge in [0, 0.05) is 32.1 Å². The van der Waals surface area contributed by atoms with Gasteiger partial charge in [-0.15, -0.1) is 0 Å². The maximum atomic E-state index is 14.0. The van der Waals surface area contributed by atoms with Crippen molar-refractivity contribution >= 4 is 17.6 Å². The largest absolute Gasteiger partial charge is 0.488 e. The molecule has 1 aliphatic rings. The molecule has 0 radical (unpaired) electrons. The number of hydrogen-bond acceptors (Lipinski definition) is 5. The normalized spacial score (nSPS) is 16.0. The number of nitrogens with one attached hydrogen (secondary N) is 2. The van der Waals surface area contributed by atoms with Crippen LogP contribution in [-0.4, -0.2) is 48.1 Å². The summed E-state index contributed by atoms with van der Waals surface area (Å²) in [6.45, 7) is 2.85. The van der Waals surface area contributed by atoms with Crippen LogP contribution in [-0.2, 0) is 11.3 Å². The van der Waals surface area contributed by atoms with Crippen molar-refractivity contribution in [2.45, 2.75) is 32.4 Å². The second-order valence-electron chi connectivity index (χ2n) is 7.04. The maximum absolute atomic E-state index is 14.0. The minimum Gasteiger partial charge on any atom is -0.488 e. The Morgan fingerprint density at radius 1 is 1.30 bits per heavy atom. The van der Waals surface area contributed by atoms with E-state index in [-0.39, 0.29) is 18.6 Å². The molecular formula is C21H25FN4O4. The lowest BCUT2D eigenvalue weighted by molar-refractivity contribution is -0.131. The number of aromatic nitrogens is 1. The highest BCUT2D eigenvalue weighted by Crippen LogP contribution is 2.21. The number of methoxy groups -OCH3 is 1. The molecule has 8 nitrogen and oxygen atoms in total. The Labute approximate surface area is 174 Å². The third-order valence-corrected chi connectivity index (χ3v) is 4.71. The van der Waals surface area contributed by atoms with Crippen molar-refractivity contribution < 1.29 is 23.5 Å². The fraction of sp³-hybridized carbons (Fsp3) is 0.381. The lowest BCUT2D eigenvalue weighted by Gasteiger charge is -2.32. The first-order valence-corrected chi connectivity index (χ1v) is 9.69. The minimum absolute atomic E-state index is 0.00510. The first-order chi connectivity index (χ1) is 14.4. The van der Waals surface area contributed by atoms with E-state index in [2.05, 4.69) is 15.6 Å². The van der Waals surface area contributed by atoms with Crippen LogP contribution in [0.2, 0.25) is 0 Å². The summed E-state index contributed by atoms with van der Waals surface area (Å²) >= 11 is 0. The first kappa shape index (κ1) is 21.4. The van der Waals surface area contributed by atoms with Gasteiger partial charge in [0.1, 0.15) is 17.7 Å². The molecule has 1 unspecified atom stereocenters. The Morgan fingerprint density at radius 2 is 2.13 bits per heavy atom. The van der Waals surface area contributed by atoms with Gasteiger partial charge in [-0.2, -0.15) is 0 Å². The number of pyridine rings is 1. The number of benzene rings is 1. The number of piperidine rings is 1. The molecule has 0 saturated carbocycles. The Morgan fingerprint density at radius 3 is 2.83 bits per heavy atom. The molecular weight excluding hydrogens is 391 g/mol. The highest BCUT2D eigenvalue weighted by Gasteiger charge is 2.23. The summed E-state index contributed by atoms with van der Waals surface area (Å²) in [4.78, 5) is 29.4. The Kier molecular flexibility index (Phi) is 7.05. The van der Waals surface area contributed by atoms with Crippen molar-refractivity contribution in [2.75, 3.05) is 25.5 Å². The summed E-state index contributed by atoms with van der Waals surface area (Å²) < 4.78 is 24.9. The van der Waals surface area contributed by atoms with Crippen LogP contribution < -0.4 is 20.1 Å². The summed E-state index contributed by atoms with van der Waals surface area (Å²) in [6, 6.07) is 7.17. The molecule has 1 aromatic heterocycles. The number of anilines is 1. The Balaban J connectivity index is 1.55. The van der Waals surface area contributed by atoms with E-state index in [0.717, 1.165) is 12.8 Å². The molecule has 0 bridgehead atoms. The van der Waals surface area contributed by atoms with Crippen molar-refractivity contribution in [3.63, 3.8) is 0 Å². The summed E-state index contributed by atoms with van der Waals surface area (Å²) in [6.07, 6.45) is 2.93. The molecule has 1 aliphatic heterocycles. The molecule has 1 aromatic carbocycles. The topological polar surface area (TPSA) is 92.8 Å². The van der Waals surface area contributed by atoms with E-state index in [1.165, 1.54) is 32.4 Å². The van der Waals surface area contributed by atoms with E-state index in [9.17, 15) is 14.0 Å². The first-order valence-electron chi connectivity index (χ1n) is 9.69. The number of likely N-dealkylation sites (tertiary alicyclic amines) is 1. The van der Waals surface area contributed by atoms with Gasteiger partial charge in [0.2, 0.25) is 11.8 Å². The lowest BCUT2D eigenvalue weighted by Crippen LogP contribution is -2.43. The average Bonchev–Trinajstić information content (AvgIpc) is 2.72. The van der Waals surface area contributed by atoms with Gasteiger partial charge in [0.25, 0.3) is 0 Å². The van der Waals surface area contributed by atoms with E-state index in [4.69, 9.17) is 9.47 Å². The highest BCUT2D eigenvalue weighted by atomic mass is 19.1. The van der Waals surface area contributed by atoms with Crippen molar-refractivity contribution in [2.24, 2.45) is 0 Å². The predicted octanol–water partition coefficient (Wildman–Crippen LogP) is 2.94. The molecule has 1 saturated heterocycles. The molecule has 3 rings (SSSR count). The number of urea groups is 1. The van der Waals surface area contributed by atoms with Crippen LogP contribution in [0.1, 0.15) is 25.3 Å². The number of rotatable bonds is 6. The zero-order valence-electron chi connectivity index (χ0n) is 17.0. The van der Waals surface area contributed by atoms with Crippen LogP contribution in [0.4, 0.5) is 14.9 Å². The van der Waals surface area contributed by atoms with Crippen molar-refractivity contribution in [1.82, 2.24) is 15.2 Å². The number of ether oxygens (including phenoxy) is 2. The fourth-order valence-electron chi connectivity index (χ4n) is 3.24. The third kappa shape index (κ3) is 6.07. The van der Waals surface area contributed by atoms with Gasteiger partial charge >= 0.3 is 6.03 Å². The SMILES string of the molecule is COc1ccc(NC(=O)NCc2cc(F)cc(OC3CCCN(C(C)=O)C3)c2)cn1. The summed E-state index contributed by atoms with van der Waals surface area (Å²) in [5.74, 6) is 0.369. The maximum Gasteiger partial charge on any atom is 0.319 e. The number of hydrogen-bond donors (Lipinski definition) is 2. The van der Waals surface area contributed by atoms with Crippen LogP contribution >= 0.6 is 0 Å². The molecule has 3 amide bonds. The van der Waals surface area contributed by atoms with E-state index in [1.54, 1.807) is 23.1 Å². The molecule has 9 heteroatoms. The average molecular weight is 416 g/mol. The summed E-state index contributed by atoms with van der Waals surface area (Å²) in [5.41, 5.74) is 1.07. The molecule has 1 atom stereocenters. The van der Waals surface area contributed by atoms with Crippen molar-refractivity contribution in [1.29, 1.82) is 0 Å². The van der Waals surface area contributed by atoms with E-state index >= 15 is 0 Å². The van der Waals surface area contributed by atoms with Crippen LogP contribution in [0.3, 0.4) is 0 Å². The van der Waals surface area contributed by atoms with E-state index in [0.29, 0.717) is 36.0 Å². The number of carbonyl (C=O) groups is 2. The minimum atomic E-state index is -0.455. The highest BCUT2D eigenvalue weighted by molar-refractivity contribution is 5.89. The van der Waals surface area contributed by atoms with Gasteiger partial charge in [-0.25, -0.2) is 14.2 Å². The van der Waals surface area contributed by atoms with Crippen molar-refractivity contribution in [3.05, 3.63) is 47.9 Å². The van der Waals surface area contributed by atoms with Crippen LogP contribution in [0.5, 0.6) is 11.6 Å². The molecule has 2 heterocycles. The van der Waals surface area contributed by atoms with E-state index < -0.39 is 11.8 Å². The number of amides is 3. The molecule has 0 spiro atoms. The summed E-state index contributed by atoms with van der Waals surface area (Å²) in [5, 5.41) is 5.32. The smallest absolute Gasteiger partial charge is 0.319 e. The quantitative estimate of drug-likeness (QED) is 0.755. The van der Waals surface area contributed by atoms with Crippen molar-refractivity contribution in [3.8, 4) is 11.6 Å². The number of nitrogens with zero attached hydrogens (tertiary/aromatic N) is 2. The summed E-state index contributed by atoms with van der Waals surface area (Å²) in [7, 11) is 1.51. The molecule has 160 valence electrons. The Hall–Kier alpha value is -3.36. The second kappa shape index (κ2) is 9.91. The van der Waals surface area contributed by atoms with Crippen LogP contribution in [0.15, 0.2) is 36.5 Å². The van der Waals surface area contributed by atoms with Gasteiger partial charge in [0.05, 0.1) is 25.5 Å². The number of halogens is 1. The number of carbonyl (C=O) groups excluding carboxylic acids is 2. The lowest BCUT2D eigenvalue weighted by atomic mass is 10.1. The van der Waals surface area contributed by atoms with Gasteiger partial charge in [-0.1, -0.05) is 0 Å². The molecule has 30 heavy (non-hydrogen) atoms. The van der Waals surface area contributed by atoms with Crippen LogP contribution in [0, 0.1) is 5.82 Å². The monoisotopic (exact) mass is 416 g/mol. The second-order valence-corrected chi connectivity index (χ2v) is 7.04. The zero-order valence-corrected chi connectivity index (χ0v) is 17.0. The van der Waals surface area contributed by atoms with E-state index in [1.807, 2.05) is 0 Å². The zero-order chi connectivity index (χ0) is 21.5. The third-order valence-electron chi connectivity index (χ3n) is 4.71. The van der Waals surface area contributed by atoms with Gasteiger partial charge < -0.3 is 25.0 Å². The Bertz CT molecular complexity index is 891. The van der Waals surface area contributed by atoms with Gasteiger partial charge in [-0.05, 0) is 36.6 Å². The molecule has 0 aliphatic carbocycles. The van der Waals surface area contributed by atoms with Gasteiger partial charge in [-0.3, -0.25) is 4.79 Å². The molecule has 1 fully saturated rings. The predicted molar refractivity (Wildman–Crippen MR) is 109 cm³/mol. The molecule has 2 aromatic rings. The standard InChI is InChI=1S/C21H25FN4O4/c1-14(27)26-7-3-4-18(13-26)30-19-9-15(8-16(22)10-19)11-24-21(28)25-17-5-6-20(29-2)23-12-17/h5-6,8-10,12,18H,3-4,7,11,13H2,1-2H3,(H2,24,25,28). The molecule has 2 N–H and O–H groups in total. The van der Waals surface area contributed by atoms with Gasteiger partial charge in [0.15, 0.2) is 0 Å². The van der Waals surface area contributed by atoms with Crippen LogP contribution in [0.25, 0.3) is 0 Å².